The van der Waals surface area contributed by atoms with Crippen LogP contribution in [0.2, 0.25) is 0 Å². The van der Waals surface area contributed by atoms with Crippen molar-refractivity contribution in [3.05, 3.63) is 24.5 Å². The van der Waals surface area contributed by atoms with Gasteiger partial charge in [0, 0.05) is 13.1 Å². The molecule has 1 aromatic heterocycles. The summed E-state index contributed by atoms with van der Waals surface area (Å²) in [5.74, 6) is 0.381. The van der Waals surface area contributed by atoms with E-state index in [0.717, 1.165) is 11.0 Å². The molecule has 0 saturated heterocycles. The fourth-order valence-corrected chi connectivity index (χ4v) is 1.31. The summed E-state index contributed by atoms with van der Waals surface area (Å²) in [4.78, 5) is 4.11. The summed E-state index contributed by atoms with van der Waals surface area (Å²) in [6.45, 7) is 0. The Bertz CT molecular complexity index is 455. The molecule has 0 aliphatic carbocycles. The van der Waals surface area contributed by atoms with E-state index in [1.165, 1.54) is 0 Å². The van der Waals surface area contributed by atoms with Crippen LogP contribution in [0.3, 0.4) is 0 Å². The Hall–Kier alpha value is -1.53. The van der Waals surface area contributed by atoms with Crippen LogP contribution in [0.15, 0.2) is 24.5 Å². The van der Waals surface area contributed by atoms with Crippen LogP contribution in [0.5, 0.6) is 5.75 Å². The molecular weight excluding hydrogens is 183 g/mol. The maximum atomic E-state index is 8.59. The Kier molecular flexibility index (Phi) is 2.15. The minimum absolute atomic E-state index is 0.381. The number of hydrogen-bond acceptors (Lipinski definition) is 4. The van der Waals surface area contributed by atoms with Gasteiger partial charge in [0.05, 0.1) is 17.4 Å². The van der Waals surface area contributed by atoms with Crippen LogP contribution in [0, 0.1) is 0 Å². The summed E-state index contributed by atoms with van der Waals surface area (Å²) in [6, 6.07) is 5.11. The van der Waals surface area contributed by atoms with Gasteiger partial charge in [-0.05, 0) is 12.1 Å². The van der Waals surface area contributed by atoms with Crippen molar-refractivity contribution in [3.8, 4) is 5.75 Å². The van der Waals surface area contributed by atoms with Gasteiger partial charge in [0.2, 0.25) is 0 Å². The van der Waals surface area contributed by atoms with E-state index in [9.17, 15) is 0 Å². The van der Waals surface area contributed by atoms with Gasteiger partial charge >= 0.3 is 7.32 Å². The monoisotopic (exact) mass is 192 g/mol. The molecule has 72 valence electrons. The van der Waals surface area contributed by atoms with Crippen molar-refractivity contribution in [1.29, 1.82) is 0 Å². The van der Waals surface area contributed by atoms with Gasteiger partial charge in [0.15, 0.2) is 0 Å². The summed E-state index contributed by atoms with van der Waals surface area (Å²) in [5.41, 5.74) is 1.72. The predicted octanol–water partition coefficient (Wildman–Crippen LogP) is -0.0784. The number of aryl methyl sites for hydroxylation is 1. The first-order valence-corrected chi connectivity index (χ1v) is 4.11. The lowest BCUT2D eigenvalue weighted by molar-refractivity contribution is 0.288. The van der Waals surface area contributed by atoms with E-state index in [2.05, 4.69) is 4.98 Å². The molecular formula is C8H9BN2O3. The minimum Gasteiger partial charge on any atom is -0.512 e. The molecule has 0 radical (unpaired) electrons. The van der Waals surface area contributed by atoms with Gasteiger partial charge in [-0.25, -0.2) is 4.98 Å². The molecule has 5 nitrogen and oxygen atoms in total. The first-order chi connectivity index (χ1) is 6.66. The van der Waals surface area contributed by atoms with Crippen LogP contribution in [-0.4, -0.2) is 26.9 Å². The molecule has 0 saturated carbocycles. The van der Waals surface area contributed by atoms with Gasteiger partial charge in [-0.3, -0.25) is 0 Å². The van der Waals surface area contributed by atoms with Crippen molar-refractivity contribution in [2.24, 2.45) is 7.05 Å². The Morgan fingerprint density at radius 3 is 2.93 bits per heavy atom. The highest BCUT2D eigenvalue weighted by Crippen LogP contribution is 2.19. The molecule has 1 heterocycles. The standard InChI is InChI=1S/C8H9BN2O3/c1-11-5-10-7-4-6(14-9(12)13)2-3-8(7)11/h2-5,12-13H,1H3. The van der Waals surface area contributed by atoms with E-state index in [4.69, 9.17) is 14.7 Å². The number of rotatable bonds is 2. The summed E-state index contributed by atoms with van der Waals surface area (Å²) >= 11 is 0. The Morgan fingerprint density at radius 2 is 2.21 bits per heavy atom. The summed E-state index contributed by atoms with van der Waals surface area (Å²) in [5, 5.41) is 17.2. The number of benzene rings is 1. The van der Waals surface area contributed by atoms with Crippen molar-refractivity contribution in [1.82, 2.24) is 9.55 Å². The van der Waals surface area contributed by atoms with Gasteiger partial charge in [-0.15, -0.1) is 0 Å². The van der Waals surface area contributed by atoms with Gasteiger partial charge in [-0.2, -0.15) is 0 Å². The van der Waals surface area contributed by atoms with E-state index in [1.54, 1.807) is 24.5 Å². The van der Waals surface area contributed by atoms with Gasteiger partial charge in [-0.1, -0.05) is 0 Å². The molecule has 0 aliphatic heterocycles. The second-order valence-electron chi connectivity index (χ2n) is 2.95. The Morgan fingerprint density at radius 1 is 1.43 bits per heavy atom. The van der Waals surface area contributed by atoms with E-state index >= 15 is 0 Å². The van der Waals surface area contributed by atoms with Crippen molar-refractivity contribution in [2.75, 3.05) is 0 Å². The summed E-state index contributed by atoms with van der Waals surface area (Å²) in [6.07, 6.45) is 1.68. The molecule has 2 aromatic rings. The van der Waals surface area contributed by atoms with E-state index in [-0.39, 0.29) is 0 Å². The number of nitrogens with zero attached hydrogens (tertiary/aromatic N) is 2. The normalized spacial score (nSPS) is 10.5. The molecule has 0 aliphatic rings. The fourth-order valence-electron chi connectivity index (χ4n) is 1.31. The smallest absolute Gasteiger partial charge is 0.512 e. The quantitative estimate of drug-likeness (QED) is 0.653. The van der Waals surface area contributed by atoms with E-state index in [0.29, 0.717) is 5.75 Å². The lowest BCUT2D eigenvalue weighted by Gasteiger charge is -2.03. The second-order valence-corrected chi connectivity index (χ2v) is 2.95. The van der Waals surface area contributed by atoms with Crippen LogP contribution in [0.25, 0.3) is 11.0 Å². The summed E-state index contributed by atoms with van der Waals surface area (Å²) < 4.78 is 6.56. The first kappa shape index (κ1) is 9.05. The van der Waals surface area contributed by atoms with Crippen molar-refractivity contribution >= 4 is 18.4 Å². The third-order valence-electron chi connectivity index (χ3n) is 1.94. The highest BCUT2D eigenvalue weighted by molar-refractivity contribution is 6.33. The molecule has 0 amide bonds. The molecule has 0 unspecified atom stereocenters. The average molecular weight is 192 g/mol. The number of imidazole rings is 1. The van der Waals surface area contributed by atoms with Crippen molar-refractivity contribution in [3.63, 3.8) is 0 Å². The van der Waals surface area contributed by atoms with Gasteiger partial charge in [0.25, 0.3) is 0 Å². The predicted molar refractivity (Wildman–Crippen MR) is 51.5 cm³/mol. The van der Waals surface area contributed by atoms with Crippen LogP contribution in [0.4, 0.5) is 0 Å². The van der Waals surface area contributed by atoms with E-state index in [1.807, 2.05) is 11.6 Å². The summed E-state index contributed by atoms with van der Waals surface area (Å²) in [7, 11) is 0.0904. The van der Waals surface area contributed by atoms with Crippen LogP contribution < -0.4 is 4.65 Å². The Balaban J connectivity index is 2.42. The third-order valence-corrected chi connectivity index (χ3v) is 1.94. The highest BCUT2D eigenvalue weighted by atomic mass is 16.6. The third kappa shape index (κ3) is 1.57. The zero-order valence-electron chi connectivity index (χ0n) is 7.58. The fraction of sp³-hybridized carbons (Fsp3) is 0.125. The SMILES string of the molecule is Cn1cnc2cc(OB(O)O)ccc21. The van der Waals surface area contributed by atoms with Crippen molar-refractivity contribution < 1.29 is 14.7 Å². The van der Waals surface area contributed by atoms with Crippen LogP contribution >= 0.6 is 0 Å². The van der Waals surface area contributed by atoms with E-state index < -0.39 is 7.32 Å². The number of hydrogen-bond donors (Lipinski definition) is 2. The van der Waals surface area contributed by atoms with Crippen LogP contribution in [-0.2, 0) is 7.05 Å². The number of fused-ring (bicyclic) bond motifs is 1. The molecule has 0 spiro atoms. The molecule has 0 atom stereocenters. The zero-order chi connectivity index (χ0) is 10.1. The second kappa shape index (κ2) is 3.32. The lowest BCUT2D eigenvalue weighted by atomic mass is 10.2. The topological polar surface area (TPSA) is 67.5 Å². The molecule has 2 N–H and O–H groups in total. The molecule has 0 fully saturated rings. The first-order valence-electron chi connectivity index (χ1n) is 4.11. The highest BCUT2D eigenvalue weighted by Gasteiger charge is 2.11. The maximum Gasteiger partial charge on any atom is 0.707 e. The number of aromatic nitrogens is 2. The average Bonchev–Trinajstić information content (AvgIpc) is 2.46. The minimum atomic E-state index is -1.80. The molecule has 0 bridgehead atoms. The lowest BCUT2D eigenvalue weighted by Crippen LogP contribution is -2.20. The maximum absolute atomic E-state index is 8.59. The molecule has 1 aromatic carbocycles. The molecule has 6 heteroatoms. The van der Waals surface area contributed by atoms with Gasteiger partial charge in [0.1, 0.15) is 5.75 Å². The van der Waals surface area contributed by atoms with Crippen LogP contribution in [0.1, 0.15) is 0 Å². The van der Waals surface area contributed by atoms with Gasteiger partial charge < -0.3 is 19.3 Å². The van der Waals surface area contributed by atoms with Crippen molar-refractivity contribution in [2.45, 2.75) is 0 Å². The largest absolute Gasteiger partial charge is 0.707 e. The zero-order valence-corrected chi connectivity index (χ0v) is 7.58. The molecule has 2 rings (SSSR count). The molecule has 14 heavy (non-hydrogen) atoms. The Labute approximate surface area is 80.7 Å².